The number of rotatable bonds is 3. The van der Waals surface area contributed by atoms with E-state index in [2.05, 4.69) is 45.6 Å². The Morgan fingerprint density at radius 3 is 2.86 bits per heavy atom. The highest BCUT2D eigenvalue weighted by Gasteiger charge is 2.36. The van der Waals surface area contributed by atoms with Crippen LogP contribution < -0.4 is 10.2 Å². The summed E-state index contributed by atoms with van der Waals surface area (Å²) in [5, 5.41) is 9.79. The van der Waals surface area contributed by atoms with Crippen molar-refractivity contribution in [1.82, 2.24) is 20.4 Å². The standard InChI is InChI=1S/C21H23N5O2.ClH/c1-25-10-9-22-12-18(25)20-23-21(28-24-20)15-11-19(27)26(13-15)17-8-4-6-14-5-2-3-7-16(14)17;/h2-8,15,18,22H,9-13H2,1H3;1H. The number of halogens is 1. The van der Waals surface area contributed by atoms with Crippen molar-refractivity contribution in [1.29, 1.82) is 0 Å². The maximum atomic E-state index is 12.8. The van der Waals surface area contributed by atoms with Gasteiger partial charge in [-0.3, -0.25) is 9.69 Å². The van der Waals surface area contributed by atoms with Gasteiger partial charge in [0.15, 0.2) is 5.82 Å². The van der Waals surface area contributed by atoms with Gasteiger partial charge in [-0.15, -0.1) is 12.4 Å². The fourth-order valence-corrected chi connectivity index (χ4v) is 4.19. The number of likely N-dealkylation sites (N-methyl/N-ethyl adjacent to an activating group) is 1. The highest BCUT2D eigenvalue weighted by atomic mass is 35.5. The third-order valence-electron chi connectivity index (χ3n) is 5.80. The van der Waals surface area contributed by atoms with Crippen LogP contribution in [0.25, 0.3) is 10.8 Å². The number of hydrogen-bond acceptors (Lipinski definition) is 6. The number of carbonyl (C=O) groups excluding carboxylic acids is 1. The second kappa shape index (κ2) is 8.10. The van der Waals surface area contributed by atoms with Crippen LogP contribution in [0.1, 0.15) is 30.1 Å². The molecule has 2 saturated heterocycles. The van der Waals surface area contributed by atoms with Gasteiger partial charge in [0.1, 0.15) is 0 Å². The Morgan fingerprint density at radius 1 is 1.17 bits per heavy atom. The van der Waals surface area contributed by atoms with Crippen molar-refractivity contribution < 1.29 is 9.32 Å². The van der Waals surface area contributed by atoms with Crippen LogP contribution in [0.3, 0.4) is 0 Å². The molecule has 3 heterocycles. The van der Waals surface area contributed by atoms with Gasteiger partial charge in [0, 0.05) is 38.0 Å². The minimum absolute atomic E-state index is 0. The molecule has 0 saturated carbocycles. The maximum absolute atomic E-state index is 12.8. The molecule has 0 bridgehead atoms. The molecule has 0 spiro atoms. The summed E-state index contributed by atoms with van der Waals surface area (Å²) in [6.07, 6.45) is 0.392. The lowest BCUT2D eigenvalue weighted by Gasteiger charge is -2.30. The number of benzene rings is 2. The number of nitrogens with zero attached hydrogens (tertiary/aromatic N) is 4. The summed E-state index contributed by atoms with van der Waals surface area (Å²) in [5.41, 5.74) is 0.946. The van der Waals surface area contributed by atoms with E-state index in [1.54, 1.807) is 0 Å². The third-order valence-corrected chi connectivity index (χ3v) is 5.80. The van der Waals surface area contributed by atoms with E-state index in [0.29, 0.717) is 24.7 Å². The highest BCUT2D eigenvalue weighted by Crippen LogP contribution is 2.35. The topological polar surface area (TPSA) is 74.5 Å². The van der Waals surface area contributed by atoms with Crippen molar-refractivity contribution in [2.45, 2.75) is 18.4 Å². The largest absolute Gasteiger partial charge is 0.339 e. The molecule has 1 amide bonds. The second-order valence-electron chi connectivity index (χ2n) is 7.60. The summed E-state index contributed by atoms with van der Waals surface area (Å²) in [4.78, 5) is 21.5. The Balaban J connectivity index is 0.00000205. The number of hydrogen-bond donors (Lipinski definition) is 1. The highest BCUT2D eigenvalue weighted by molar-refractivity contribution is 6.05. The zero-order chi connectivity index (χ0) is 19.1. The van der Waals surface area contributed by atoms with Crippen LogP contribution in [-0.2, 0) is 4.79 Å². The number of carbonyl (C=O) groups is 1. The predicted octanol–water partition coefficient (Wildman–Crippen LogP) is 2.74. The van der Waals surface area contributed by atoms with Crippen molar-refractivity contribution >= 4 is 34.8 Å². The van der Waals surface area contributed by atoms with E-state index in [4.69, 9.17) is 4.52 Å². The van der Waals surface area contributed by atoms with Crippen LogP contribution in [0.5, 0.6) is 0 Å². The van der Waals surface area contributed by atoms with E-state index in [-0.39, 0.29) is 30.3 Å². The molecule has 2 aromatic carbocycles. The van der Waals surface area contributed by atoms with Gasteiger partial charge in [-0.25, -0.2) is 0 Å². The van der Waals surface area contributed by atoms with E-state index in [0.717, 1.165) is 36.1 Å². The lowest BCUT2D eigenvalue weighted by molar-refractivity contribution is -0.117. The molecule has 7 nitrogen and oxygen atoms in total. The van der Waals surface area contributed by atoms with Gasteiger partial charge in [0.25, 0.3) is 0 Å². The van der Waals surface area contributed by atoms with E-state index >= 15 is 0 Å². The van der Waals surface area contributed by atoms with Crippen molar-refractivity contribution in [3.05, 3.63) is 54.2 Å². The summed E-state index contributed by atoms with van der Waals surface area (Å²) < 4.78 is 5.58. The Morgan fingerprint density at radius 2 is 2.00 bits per heavy atom. The van der Waals surface area contributed by atoms with Gasteiger partial charge in [-0.2, -0.15) is 4.98 Å². The zero-order valence-corrected chi connectivity index (χ0v) is 17.1. The molecule has 152 valence electrons. The number of fused-ring (bicyclic) bond motifs is 1. The predicted molar refractivity (Wildman–Crippen MR) is 113 cm³/mol. The summed E-state index contributed by atoms with van der Waals surface area (Å²) in [7, 11) is 2.07. The normalized spacial score (nSPS) is 22.8. The maximum Gasteiger partial charge on any atom is 0.232 e. The molecule has 0 aliphatic carbocycles. The Bertz CT molecular complexity index is 1020. The number of nitrogens with one attached hydrogen (secondary N) is 1. The van der Waals surface area contributed by atoms with E-state index < -0.39 is 0 Å². The molecule has 29 heavy (non-hydrogen) atoms. The van der Waals surface area contributed by atoms with Gasteiger partial charge in [-0.1, -0.05) is 41.6 Å². The number of aromatic nitrogens is 2. The van der Waals surface area contributed by atoms with Crippen molar-refractivity contribution in [2.75, 3.05) is 38.1 Å². The molecule has 0 radical (unpaired) electrons. The molecular weight excluding hydrogens is 390 g/mol. The third kappa shape index (κ3) is 3.61. The number of piperazine rings is 1. The van der Waals surface area contributed by atoms with Gasteiger partial charge in [0.05, 0.1) is 17.6 Å². The summed E-state index contributed by atoms with van der Waals surface area (Å²) >= 11 is 0. The molecule has 2 atom stereocenters. The molecule has 2 aliphatic heterocycles. The Labute approximate surface area is 175 Å². The molecule has 1 N–H and O–H groups in total. The Kier molecular flexibility index (Phi) is 5.54. The van der Waals surface area contributed by atoms with Crippen LogP contribution in [0.15, 0.2) is 47.0 Å². The van der Waals surface area contributed by atoms with Crippen LogP contribution in [0, 0.1) is 0 Å². The van der Waals surface area contributed by atoms with Crippen LogP contribution in [0.2, 0.25) is 0 Å². The molecule has 3 aromatic rings. The summed E-state index contributed by atoms with van der Waals surface area (Å²) in [6.45, 7) is 3.29. The average Bonchev–Trinajstić information content (AvgIpc) is 3.35. The van der Waals surface area contributed by atoms with Gasteiger partial charge < -0.3 is 14.7 Å². The molecule has 8 heteroatoms. The smallest absolute Gasteiger partial charge is 0.232 e. The van der Waals surface area contributed by atoms with E-state index in [1.807, 2.05) is 29.2 Å². The fourth-order valence-electron chi connectivity index (χ4n) is 4.19. The molecule has 2 unspecified atom stereocenters. The van der Waals surface area contributed by atoms with Crippen LogP contribution in [-0.4, -0.2) is 54.2 Å². The van der Waals surface area contributed by atoms with Crippen molar-refractivity contribution in [2.24, 2.45) is 0 Å². The molecular formula is C21H24ClN5O2. The van der Waals surface area contributed by atoms with Gasteiger partial charge >= 0.3 is 0 Å². The van der Waals surface area contributed by atoms with Crippen LogP contribution >= 0.6 is 12.4 Å². The first kappa shape index (κ1) is 19.8. The second-order valence-corrected chi connectivity index (χ2v) is 7.60. The Hall–Kier alpha value is -2.48. The summed E-state index contributed by atoms with van der Waals surface area (Å²) in [5.74, 6) is 1.28. The minimum atomic E-state index is -0.0745. The molecule has 2 aliphatic rings. The quantitative estimate of drug-likeness (QED) is 0.711. The van der Waals surface area contributed by atoms with Crippen molar-refractivity contribution in [3.8, 4) is 0 Å². The monoisotopic (exact) mass is 413 g/mol. The first-order valence-corrected chi connectivity index (χ1v) is 9.73. The molecule has 2 fully saturated rings. The van der Waals surface area contributed by atoms with E-state index in [9.17, 15) is 4.79 Å². The van der Waals surface area contributed by atoms with E-state index in [1.165, 1.54) is 0 Å². The average molecular weight is 414 g/mol. The summed E-state index contributed by atoms with van der Waals surface area (Å²) in [6, 6.07) is 14.3. The lowest BCUT2D eigenvalue weighted by Crippen LogP contribution is -2.44. The van der Waals surface area contributed by atoms with Crippen molar-refractivity contribution in [3.63, 3.8) is 0 Å². The fraction of sp³-hybridized carbons (Fsp3) is 0.381. The van der Waals surface area contributed by atoms with Crippen LogP contribution in [0.4, 0.5) is 5.69 Å². The zero-order valence-electron chi connectivity index (χ0n) is 16.2. The number of anilines is 1. The van der Waals surface area contributed by atoms with Gasteiger partial charge in [0.2, 0.25) is 11.8 Å². The molecule has 1 aromatic heterocycles. The van der Waals surface area contributed by atoms with Gasteiger partial charge in [-0.05, 0) is 18.5 Å². The minimum Gasteiger partial charge on any atom is -0.339 e. The first-order chi connectivity index (χ1) is 13.7. The molecule has 5 rings (SSSR count). The lowest BCUT2D eigenvalue weighted by atomic mass is 10.1. The first-order valence-electron chi connectivity index (χ1n) is 9.73. The number of amides is 1. The SMILES string of the molecule is CN1CCNCC1c1noc(C2CC(=O)N(c3cccc4ccccc34)C2)n1.Cl.